The quantitative estimate of drug-likeness (QED) is 0.713. The number of hydrogen-bond acceptors (Lipinski definition) is 5. The van der Waals surface area contributed by atoms with Gasteiger partial charge in [0.15, 0.2) is 0 Å². The van der Waals surface area contributed by atoms with Crippen LogP contribution in [0.3, 0.4) is 0 Å². The molecule has 0 bridgehead atoms. The number of carbonyl (C=O) groups is 2. The van der Waals surface area contributed by atoms with E-state index >= 15 is 0 Å². The van der Waals surface area contributed by atoms with Crippen molar-refractivity contribution in [2.75, 3.05) is 59.0 Å². The number of likely N-dealkylation sites (tertiary alicyclic amines) is 2. The predicted molar refractivity (Wildman–Crippen MR) is 95.6 cm³/mol. The van der Waals surface area contributed by atoms with Crippen molar-refractivity contribution < 1.29 is 14.3 Å². The summed E-state index contributed by atoms with van der Waals surface area (Å²) in [6, 6.07) is 0.0958. The van der Waals surface area contributed by atoms with E-state index in [1.165, 1.54) is 0 Å². The third kappa shape index (κ3) is 5.20. The van der Waals surface area contributed by atoms with Gasteiger partial charge < -0.3 is 20.3 Å². The normalized spacial score (nSPS) is 27.8. The summed E-state index contributed by atoms with van der Waals surface area (Å²) in [5, 5.41) is 0. The second-order valence-electron chi connectivity index (χ2n) is 6.53. The van der Waals surface area contributed by atoms with Crippen LogP contribution >= 0.6 is 24.8 Å². The van der Waals surface area contributed by atoms with Crippen molar-refractivity contribution in [3.63, 3.8) is 0 Å². The number of carbonyl (C=O) groups excluding carboxylic acids is 2. The van der Waals surface area contributed by atoms with Gasteiger partial charge in [0.25, 0.3) is 0 Å². The molecule has 3 saturated heterocycles. The molecule has 0 saturated carbocycles. The van der Waals surface area contributed by atoms with E-state index in [9.17, 15) is 9.59 Å². The minimum absolute atomic E-state index is 0. The molecule has 7 nitrogen and oxygen atoms in total. The number of morpholine rings is 1. The maximum absolute atomic E-state index is 12.5. The molecule has 3 rings (SSSR count). The first-order valence-corrected chi connectivity index (χ1v) is 8.25. The van der Waals surface area contributed by atoms with Gasteiger partial charge in [-0.3, -0.25) is 14.5 Å². The molecule has 2 atom stereocenters. The fourth-order valence-corrected chi connectivity index (χ4v) is 3.49. The molecule has 3 fully saturated rings. The second kappa shape index (κ2) is 9.77. The topological polar surface area (TPSA) is 79.1 Å². The van der Waals surface area contributed by atoms with Crippen molar-refractivity contribution >= 4 is 36.6 Å². The Morgan fingerprint density at radius 1 is 1.12 bits per heavy atom. The van der Waals surface area contributed by atoms with Crippen LogP contribution in [-0.4, -0.2) is 91.6 Å². The fourth-order valence-electron chi connectivity index (χ4n) is 3.49. The van der Waals surface area contributed by atoms with E-state index in [1.807, 2.05) is 9.80 Å². The third-order valence-corrected chi connectivity index (χ3v) is 4.89. The smallest absolute Gasteiger partial charge is 0.228 e. The molecular weight excluding hydrogens is 355 g/mol. The highest BCUT2D eigenvalue weighted by molar-refractivity contribution is 5.89. The summed E-state index contributed by atoms with van der Waals surface area (Å²) in [4.78, 5) is 30.6. The molecule has 140 valence electrons. The van der Waals surface area contributed by atoms with E-state index in [0.29, 0.717) is 26.1 Å². The Morgan fingerprint density at radius 3 is 2.46 bits per heavy atom. The molecule has 0 radical (unpaired) electrons. The van der Waals surface area contributed by atoms with E-state index in [4.69, 9.17) is 10.5 Å². The maximum atomic E-state index is 12.5. The van der Waals surface area contributed by atoms with E-state index in [-0.39, 0.29) is 48.6 Å². The van der Waals surface area contributed by atoms with Crippen LogP contribution in [0, 0.1) is 5.92 Å². The molecule has 3 aliphatic heterocycles. The SMILES string of the molecule is Cl.Cl.N[C@@H]1CCN(C(=O)C2CC(=O)N(CCN3CCOCC3)C2)C1. The van der Waals surface area contributed by atoms with Gasteiger partial charge >= 0.3 is 0 Å². The molecule has 0 aromatic rings. The lowest BCUT2D eigenvalue weighted by Crippen LogP contribution is -2.42. The first kappa shape index (κ1) is 21.4. The molecular formula is C15H28Cl2N4O3. The highest BCUT2D eigenvalue weighted by Gasteiger charge is 2.37. The third-order valence-electron chi connectivity index (χ3n) is 4.89. The number of nitrogens with two attached hydrogens (primary N) is 1. The lowest BCUT2D eigenvalue weighted by atomic mass is 10.1. The first-order chi connectivity index (χ1) is 10.6. The zero-order chi connectivity index (χ0) is 15.5. The van der Waals surface area contributed by atoms with Crippen LogP contribution in [0.4, 0.5) is 0 Å². The number of hydrogen-bond donors (Lipinski definition) is 1. The Morgan fingerprint density at radius 2 is 1.83 bits per heavy atom. The summed E-state index contributed by atoms with van der Waals surface area (Å²) in [6.45, 7) is 6.90. The van der Waals surface area contributed by atoms with Crippen molar-refractivity contribution in [2.45, 2.75) is 18.9 Å². The average molecular weight is 383 g/mol. The molecule has 2 amide bonds. The molecule has 3 aliphatic rings. The molecule has 1 unspecified atom stereocenters. The average Bonchev–Trinajstić information content (AvgIpc) is 3.12. The van der Waals surface area contributed by atoms with Crippen LogP contribution in [-0.2, 0) is 14.3 Å². The van der Waals surface area contributed by atoms with Crippen molar-refractivity contribution in [1.29, 1.82) is 0 Å². The van der Waals surface area contributed by atoms with E-state index in [2.05, 4.69) is 4.90 Å². The van der Waals surface area contributed by atoms with Crippen LogP contribution in [0.5, 0.6) is 0 Å². The monoisotopic (exact) mass is 382 g/mol. The van der Waals surface area contributed by atoms with E-state index in [0.717, 1.165) is 45.8 Å². The lowest BCUT2D eigenvalue weighted by Gasteiger charge is -2.28. The van der Waals surface area contributed by atoms with E-state index in [1.54, 1.807) is 0 Å². The van der Waals surface area contributed by atoms with Crippen LogP contribution in [0.15, 0.2) is 0 Å². The molecule has 9 heteroatoms. The number of ether oxygens (including phenoxy) is 1. The lowest BCUT2D eigenvalue weighted by molar-refractivity contribution is -0.134. The summed E-state index contributed by atoms with van der Waals surface area (Å²) in [6.07, 6.45) is 1.22. The highest BCUT2D eigenvalue weighted by Crippen LogP contribution is 2.22. The van der Waals surface area contributed by atoms with Gasteiger partial charge in [0.1, 0.15) is 0 Å². The molecule has 0 aromatic heterocycles. The molecule has 0 aliphatic carbocycles. The Kier molecular flexibility index (Phi) is 8.73. The predicted octanol–water partition coefficient (Wildman–Crippen LogP) is -0.430. The Labute approximate surface area is 155 Å². The standard InChI is InChI=1S/C15H26N4O3.2ClH/c16-13-1-2-19(11-13)15(21)12-9-14(20)18(10-12)4-3-17-5-7-22-8-6-17;;/h12-13H,1-11,16H2;2*1H/t12?,13-;;/m1../s1. The molecule has 0 spiro atoms. The minimum atomic E-state index is -0.178. The largest absolute Gasteiger partial charge is 0.379 e. The second-order valence-corrected chi connectivity index (χ2v) is 6.53. The minimum Gasteiger partial charge on any atom is -0.379 e. The van der Waals surface area contributed by atoms with Crippen LogP contribution in [0.2, 0.25) is 0 Å². The van der Waals surface area contributed by atoms with Gasteiger partial charge in [0, 0.05) is 58.3 Å². The van der Waals surface area contributed by atoms with Gasteiger partial charge in [-0.25, -0.2) is 0 Å². The first-order valence-electron chi connectivity index (χ1n) is 8.25. The fraction of sp³-hybridized carbons (Fsp3) is 0.867. The molecule has 24 heavy (non-hydrogen) atoms. The van der Waals surface area contributed by atoms with Crippen molar-refractivity contribution in [1.82, 2.24) is 14.7 Å². The van der Waals surface area contributed by atoms with Gasteiger partial charge in [0.2, 0.25) is 11.8 Å². The number of halogens is 2. The zero-order valence-electron chi connectivity index (χ0n) is 13.9. The molecule has 3 heterocycles. The summed E-state index contributed by atoms with van der Waals surface area (Å²) in [7, 11) is 0. The van der Waals surface area contributed by atoms with E-state index < -0.39 is 0 Å². The van der Waals surface area contributed by atoms with Gasteiger partial charge in [-0.1, -0.05) is 0 Å². The molecule has 2 N–H and O–H groups in total. The van der Waals surface area contributed by atoms with Crippen molar-refractivity contribution in [2.24, 2.45) is 11.7 Å². The zero-order valence-corrected chi connectivity index (χ0v) is 15.5. The summed E-state index contributed by atoms with van der Waals surface area (Å²) in [5.41, 5.74) is 5.86. The summed E-state index contributed by atoms with van der Waals surface area (Å²) >= 11 is 0. The van der Waals surface area contributed by atoms with Crippen LogP contribution in [0.1, 0.15) is 12.8 Å². The summed E-state index contributed by atoms with van der Waals surface area (Å²) in [5.74, 6) is 0.0350. The Bertz CT molecular complexity index is 435. The Hall–Kier alpha value is -0.600. The number of rotatable bonds is 4. The van der Waals surface area contributed by atoms with Gasteiger partial charge in [-0.2, -0.15) is 0 Å². The molecule has 0 aromatic carbocycles. The number of nitrogens with zero attached hydrogens (tertiary/aromatic N) is 3. The van der Waals surface area contributed by atoms with Crippen LogP contribution < -0.4 is 5.73 Å². The van der Waals surface area contributed by atoms with Gasteiger partial charge in [-0.15, -0.1) is 24.8 Å². The highest BCUT2D eigenvalue weighted by atomic mass is 35.5. The van der Waals surface area contributed by atoms with Crippen molar-refractivity contribution in [3.05, 3.63) is 0 Å². The number of amides is 2. The van der Waals surface area contributed by atoms with Gasteiger partial charge in [-0.05, 0) is 6.42 Å². The van der Waals surface area contributed by atoms with Crippen molar-refractivity contribution in [3.8, 4) is 0 Å². The summed E-state index contributed by atoms with van der Waals surface area (Å²) < 4.78 is 5.32. The van der Waals surface area contributed by atoms with Gasteiger partial charge in [0.05, 0.1) is 19.1 Å². The van der Waals surface area contributed by atoms with Crippen LogP contribution in [0.25, 0.3) is 0 Å². The maximum Gasteiger partial charge on any atom is 0.228 e. The Balaban J connectivity index is 0.00000144.